The third kappa shape index (κ3) is 6.23. The highest BCUT2D eigenvalue weighted by molar-refractivity contribution is 9.11. The lowest BCUT2D eigenvalue weighted by Gasteiger charge is -2.12. The number of hydrogen-bond acceptors (Lipinski definition) is 3. The van der Waals surface area contributed by atoms with Gasteiger partial charge >= 0.3 is 0 Å². The lowest BCUT2D eigenvalue weighted by atomic mass is 10.1. The Morgan fingerprint density at radius 2 is 1.93 bits per heavy atom. The minimum Gasteiger partial charge on any atom is -0.487 e. The molecule has 2 aromatic carbocycles. The molecule has 2 aromatic rings. The van der Waals surface area contributed by atoms with Crippen LogP contribution >= 0.6 is 31.9 Å². The standard InChI is InChI=1S/C21H20Br2N2O2/c1-13(2)25-21(26)17(11-24)8-16-9-18(22)20(19(23)10-16)27-12-15-6-4-5-14(3)7-15/h4-10,13H,12H2,1-3H3,(H,25,26)/b17-8-. The first-order valence-corrected chi connectivity index (χ1v) is 9.98. The Hall–Kier alpha value is -2.10. The number of nitrogens with one attached hydrogen (secondary N) is 1. The average molecular weight is 492 g/mol. The third-order valence-corrected chi connectivity index (χ3v) is 4.76. The number of aryl methyl sites for hydroxylation is 1. The summed E-state index contributed by atoms with van der Waals surface area (Å²) in [5, 5.41) is 12.0. The summed E-state index contributed by atoms with van der Waals surface area (Å²) in [7, 11) is 0. The Balaban J connectivity index is 2.21. The Kier molecular flexibility index (Phi) is 7.64. The molecule has 0 fully saturated rings. The summed E-state index contributed by atoms with van der Waals surface area (Å²) in [5.74, 6) is 0.276. The highest BCUT2D eigenvalue weighted by atomic mass is 79.9. The summed E-state index contributed by atoms with van der Waals surface area (Å²) in [6.07, 6.45) is 1.55. The van der Waals surface area contributed by atoms with Gasteiger partial charge in [-0.1, -0.05) is 29.8 Å². The molecule has 0 aliphatic carbocycles. The SMILES string of the molecule is Cc1cccc(COc2c(Br)cc(/C=C(/C#N)C(=O)NC(C)C)cc2Br)c1. The molecule has 0 saturated carbocycles. The third-order valence-electron chi connectivity index (χ3n) is 3.58. The highest BCUT2D eigenvalue weighted by Gasteiger charge is 2.13. The van der Waals surface area contributed by atoms with Crippen molar-refractivity contribution in [3.63, 3.8) is 0 Å². The molecule has 27 heavy (non-hydrogen) atoms. The fraction of sp³-hybridized carbons (Fsp3) is 0.238. The van der Waals surface area contributed by atoms with Crippen molar-refractivity contribution < 1.29 is 9.53 Å². The predicted molar refractivity (Wildman–Crippen MR) is 114 cm³/mol. The van der Waals surface area contributed by atoms with Gasteiger partial charge in [0.05, 0.1) is 8.95 Å². The maximum absolute atomic E-state index is 12.1. The number of benzene rings is 2. The molecule has 0 aliphatic heterocycles. The van der Waals surface area contributed by atoms with Crippen LogP contribution < -0.4 is 10.1 Å². The number of rotatable bonds is 6. The van der Waals surface area contributed by atoms with Crippen LogP contribution in [0.25, 0.3) is 6.08 Å². The van der Waals surface area contributed by atoms with Crippen LogP contribution in [-0.4, -0.2) is 11.9 Å². The van der Waals surface area contributed by atoms with E-state index in [0.717, 1.165) is 14.5 Å². The zero-order valence-electron chi connectivity index (χ0n) is 15.3. The number of ether oxygens (including phenoxy) is 1. The van der Waals surface area contributed by atoms with Crippen molar-refractivity contribution in [2.75, 3.05) is 0 Å². The number of halogens is 2. The molecule has 0 unspecified atom stereocenters. The summed E-state index contributed by atoms with van der Waals surface area (Å²) < 4.78 is 7.40. The molecule has 4 nitrogen and oxygen atoms in total. The average Bonchev–Trinajstić information content (AvgIpc) is 2.58. The monoisotopic (exact) mass is 490 g/mol. The number of amides is 1. The number of nitriles is 1. The minimum absolute atomic E-state index is 0.0369. The van der Waals surface area contributed by atoms with Gasteiger partial charge < -0.3 is 10.1 Å². The molecule has 0 bridgehead atoms. The van der Waals surface area contributed by atoms with Crippen LogP contribution in [0, 0.1) is 18.3 Å². The van der Waals surface area contributed by atoms with E-state index in [9.17, 15) is 10.1 Å². The van der Waals surface area contributed by atoms with E-state index in [1.807, 2.05) is 57.2 Å². The van der Waals surface area contributed by atoms with Crippen molar-refractivity contribution in [3.8, 4) is 11.8 Å². The van der Waals surface area contributed by atoms with Crippen LogP contribution in [0.3, 0.4) is 0 Å². The molecular formula is C21H20Br2N2O2. The van der Waals surface area contributed by atoms with Crippen molar-refractivity contribution >= 4 is 43.8 Å². The topological polar surface area (TPSA) is 62.1 Å². The summed E-state index contributed by atoms with van der Waals surface area (Å²) >= 11 is 7.01. The molecule has 0 atom stereocenters. The smallest absolute Gasteiger partial charge is 0.262 e. The van der Waals surface area contributed by atoms with Gasteiger partial charge in [-0.3, -0.25) is 4.79 Å². The lowest BCUT2D eigenvalue weighted by Crippen LogP contribution is -2.30. The van der Waals surface area contributed by atoms with Crippen LogP contribution in [-0.2, 0) is 11.4 Å². The van der Waals surface area contributed by atoms with Gasteiger partial charge in [0.2, 0.25) is 0 Å². The number of carbonyl (C=O) groups excluding carboxylic acids is 1. The van der Waals surface area contributed by atoms with E-state index in [0.29, 0.717) is 17.9 Å². The molecule has 0 radical (unpaired) electrons. The zero-order valence-corrected chi connectivity index (χ0v) is 18.5. The fourth-order valence-electron chi connectivity index (χ4n) is 2.41. The Morgan fingerprint density at radius 3 is 2.48 bits per heavy atom. The van der Waals surface area contributed by atoms with E-state index in [2.05, 4.69) is 43.2 Å². The molecule has 0 saturated heterocycles. The number of nitrogens with zero attached hydrogens (tertiary/aromatic N) is 1. The fourth-order valence-corrected chi connectivity index (χ4v) is 3.86. The Morgan fingerprint density at radius 1 is 1.26 bits per heavy atom. The number of carbonyl (C=O) groups is 1. The maximum Gasteiger partial charge on any atom is 0.262 e. The lowest BCUT2D eigenvalue weighted by molar-refractivity contribution is -0.117. The van der Waals surface area contributed by atoms with Gasteiger partial charge in [0, 0.05) is 6.04 Å². The largest absolute Gasteiger partial charge is 0.487 e. The minimum atomic E-state index is -0.389. The molecule has 0 aromatic heterocycles. The van der Waals surface area contributed by atoms with Crippen LogP contribution in [0.4, 0.5) is 0 Å². The molecule has 0 spiro atoms. The van der Waals surface area contributed by atoms with E-state index in [-0.39, 0.29) is 17.5 Å². The molecule has 1 N–H and O–H groups in total. The molecule has 2 rings (SSSR count). The second-order valence-corrected chi connectivity index (χ2v) is 8.10. The molecular weight excluding hydrogens is 472 g/mol. The maximum atomic E-state index is 12.1. The van der Waals surface area contributed by atoms with Gasteiger partial charge in [-0.2, -0.15) is 5.26 Å². The van der Waals surface area contributed by atoms with Crippen LogP contribution in [0.5, 0.6) is 5.75 Å². The van der Waals surface area contributed by atoms with Gasteiger partial charge in [0.25, 0.3) is 5.91 Å². The van der Waals surface area contributed by atoms with Crippen LogP contribution in [0.1, 0.15) is 30.5 Å². The van der Waals surface area contributed by atoms with Crippen molar-refractivity contribution in [2.24, 2.45) is 0 Å². The molecule has 0 heterocycles. The summed E-state index contributed by atoms with van der Waals surface area (Å²) in [6.45, 7) is 6.17. The first-order valence-electron chi connectivity index (χ1n) is 8.40. The van der Waals surface area contributed by atoms with E-state index in [1.165, 1.54) is 5.56 Å². The van der Waals surface area contributed by atoms with Gasteiger partial charge in [-0.25, -0.2) is 0 Å². The van der Waals surface area contributed by atoms with Crippen LogP contribution in [0.2, 0.25) is 0 Å². The van der Waals surface area contributed by atoms with Gasteiger partial charge in [-0.05, 0) is 82.0 Å². The van der Waals surface area contributed by atoms with Gasteiger partial charge in [0.1, 0.15) is 24.0 Å². The first-order chi connectivity index (χ1) is 12.8. The first kappa shape index (κ1) is 21.2. The van der Waals surface area contributed by atoms with E-state index >= 15 is 0 Å². The van der Waals surface area contributed by atoms with E-state index in [1.54, 1.807) is 6.08 Å². The van der Waals surface area contributed by atoms with Crippen molar-refractivity contribution in [1.82, 2.24) is 5.32 Å². The number of hydrogen-bond donors (Lipinski definition) is 1. The molecule has 140 valence electrons. The molecule has 0 aliphatic rings. The second kappa shape index (κ2) is 9.72. The van der Waals surface area contributed by atoms with Crippen molar-refractivity contribution in [3.05, 3.63) is 67.6 Å². The molecule has 1 amide bonds. The zero-order chi connectivity index (χ0) is 20.0. The van der Waals surface area contributed by atoms with Crippen molar-refractivity contribution in [1.29, 1.82) is 5.26 Å². The normalized spacial score (nSPS) is 11.2. The summed E-state index contributed by atoms with van der Waals surface area (Å²) in [4.78, 5) is 12.1. The van der Waals surface area contributed by atoms with E-state index in [4.69, 9.17) is 4.74 Å². The van der Waals surface area contributed by atoms with E-state index < -0.39 is 0 Å². The summed E-state index contributed by atoms with van der Waals surface area (Å²) in [5.41, 5.74) is 3.02. The quantitative estimate of drug-likeness (QED) is 0.426. The molecule has 6 heteroatoms. The van der Waals surface area contributed by atoms with Crippen LogP contribution in [0.15, 0.2) is 50.9 Å². The predicted octanol–water partition coefficient (Wildman–Crippen LogP) is 5.53. The Labute approximate surface area is 176 Å². The van der Waals surface area contributed by atoms with Gasteiger partial charge in [0.15, 0.2) is 0 Å². The van der Waals surface area contributed by atoms with Gasteiger partial charge in [-0.15, -0.1) is 0 Å². The summed E-state index contributed by atoms with van der Waals surface area (Å²) in [6, 6.07) is 13.7. The van der Waals surface area contributed by atoms with Crippen molar-refractivity contribution in [2.45, 2.75) is 33.4 Å². The Bertz CT molecular complexity index is 892. The highest BCUT2D eigenvalue weighted by Crippen LogP contribution is 2.36. The second-order valence-electron chi connectivity index (χ2n) is 6.39.